The number of likely N-dealkylation sites (tertiary alicyclic amines) is 1. The molecule has 2 saturated heterocycles. The monoisotopic (exact) mass is 486 g/mol. The Labute approximate surface area is 204 Å². The van der Waals surface area contributed by atoms with E-state index in [9.17, 15) is 4.79 Å². The van der Waals surface area contributed by atoms with Crippen LogP contribution >= 0.6 is 0 Å². The quantitative estimate of drug-likeness (QED) is 0.637. The number of ether oxygens (including phenoxy) is 1. The summed E-state index contributed by atoms with van der Waals surface area (Å²) in [6.45, 7) is 7.00. The fourth-order valence-electron chi connectivity index (χ4n) is 5.34. The van der Waals surface area contributed by atoms with Gasteiger partial charge in [0.05, 0.1) is 18.4 Å². The van der Waals surface area contributed by atoms with Gasteiger partial charge >= 0.3 is 5.97 Å². The summed E-state index contributed by atoms with van der Waals surface area (Å²) in [6, 6.07) is 6.00. The average Bonchev–Trinajstić information content (AvgIpc) is 3.55. The van der Waals surface area contributed by atoms with Crippen molar-refractivity contribution in [1.82, 2.24) is 15.6 Å². The van der Waals surface area contributed by atoms with Crippen LogP contribution in [0.3, 0.4) is 0 Å². The van der Waals surface area contributed by atoms with Gasteiger partial charge in [-0.2, -0.15) is 0 Å². The minimum atomic E-state index is -3.04. The number of amidine groups is 1. The van der Waals surface area contributed by atoms with Gasteiger partial charge in [0.1, 0.15) is 12.1 Å². The SMILES string of the molecule is COC(=O)[C@@H]1CCCN1C1(C2NCCC2(F)F)N=CC2=CNN(c3ccc(C(C)(C)C)cc3)C2=N1. The minimum Gasteiger partial charge on any atom is -0.468 e. The first-order valence-electron chi connectivity index (χ1n) is 12.0. The maximum absolute atomic E-state index is 15.2. The summed E-state index contributed by atoms with van der Waals surface area (Å²) >= 11 is 0. The fraction of sp³-hybridized carbons (Fsp3) is 0.560. The molecule has 10 heteroatoms. The molecule has 0 bridgehead atoms. The molecule has 1 aromatic rings. The molecular formula is C25H32F2N6O2. The first-order valence-corrected chi connectivity index (χ1v) is 12.0. The number of nitrogens with zero attached hydrogens (tertiary/aromatic N) is 4. The number of halogens is 2. The zero-order valence-electron chi connectivity index (χ0n) is 20.5. The number of methoxy groups -OCH3 is 1. The van der Waals surface area contributed by atoms with Crippen molar-refractivity contribution < 1.29 is 18.3 Å². The van der Waals surface area contributed by atoms with E-state index in [0.29, 0.717) is 30.8 Å². The van der Waals surface area contributed by atoms with E-state index < -0.39 is 29.8 Å². The van der Waals surface area contributed by atoms with Gasteiger partial charge in [-0.1, -0.05) is 32.9 Å². The molecule has 2 unspecified atom stereocenters. The Morgan fingerprint density at radius 2 is 1.97 bits per heavy atom. The van der Waals surface area contributed by atoms with Crippen LogP contribution in [0.25, 0.3) is 0 Å². The van der Waals surface area contributed by atoms with E-state index in [0.717, 1.165) is 5.69 Å². The molecule has 4 heterocycles. The molecule has 0 spiro atoms. The largest absolute Gasteiger partial charge is 0.468 e. The van der Waals surface area contributed by atoms with Gasteiger partial charge < -0.3 is 10.1 Å². The number of hydrogen-bond donors (Lipinski definition) is 2. The van der Waals surface area contributed by atoms with Gasteiger partial charge in [-0.15, -0.1) is 0 Å². The first-order chi connectivity index (χ1) is 16.6. The van der Waals surface area contributed by atoms with Crippen LogP contribution in [0.15, 0.2) is 46.0 Å². The van der Waals surface area contributed by atoms with Gasteiger partial charge in [-0.25, -0.2) is 28.7 Å². The minimum absolute atomic E-state index is 0.00290. The maximum Gasteiger partial charge on any atom is 0.323 e. The summed E-state index contributed by atoms with van der Waals surface area (Å²) in [6.07, 6.45) is 4.20. The zero-order valence-corrected chi connectivity index (χ0v) is 20.5. The van der Waals surface area contributed by atoms with Gasteiger partial charge in [-0.05, 0) is 36.0 Å². The third-order valence-corrected chi connectivity index (χ3v) is 7.24. The Bertz CT molecular complexity index is 1090. The van der Waals surface area contributed by atoms with Gasteiger partial charge in [0.15, 0.2) is 5.84 Å². The highest BCUT2D eigenvalue weighted by Crippen LogP contribution is 2.44. The first kappa shape index (κ1) is 23.9. The van der Waals surface area contributed by atoms with Crippen molar-refractivity contribution in [3.8, 4) is 0 Å². The lowest BCUT2D eigenvalue weighted by molar-refractivity contribution is -0.151. The molecular weight excluding hydrogens is 454 g/mol. The van der Waals surface area contributed by atoms with E-state index in [2.05, 4.69) is 48.6 Å². The molecule has 1 aromatic carbocycles. The number of hydrogen-bond acceptors (Lipinski definition) is 8. The third kappa shape index (κ3) is 3.92. The number of hydrazine groups is 1. The van der Waals surface area contributed by atoms with E-state index >= 15 is 8.78 Å². The lowest BCUT2D eigenvalue weighted by Crippen LogP contribution is -2.66. The Morgan fingerprint density at radius 3 is 2.60 bits per heavy atom. The number of aliphatic imine (C=N–C) groups is 2. The number of rotatable bonds is 4. The summed E-state index contributed by atoms with van der Waals surface area (Å²) in [4.78, 5) is 23.8. The molecule has 5 rings (SSSR count). The Morgan fingerprint density at radius 1 is 1.23 bits per heavy atom. The topological polar surface area (TPSA) is 81.6 Å². The molecule has 0 amide bonds. The predicted molar refractivity (Wildman–Crippen MR) is 131 cm³/mol. The molecule has 35 heavy (non-hydrogen) atoms. The second kappa shape index (κ2) is 8.37. The normalized spacial score (nSPS) is 30.1. The molecule has 0 aromatic heterocycles. The lowest BCUT2D eigenvalue weighted by Gasteiger charge is -2.45. The molecule has 2 N–H and O–H groups in total. The number of carbonyl (C=O) groups is 1. The zero-order chi connectivity index (χ0) is 25.0. The molecule has 4 aliphatic heterocycles. The van der Waals surface area contributed by atoms with Crippen LogP contribution in [0.5, 0.6) is 0 Å². The maximum atomic E-state index is 15.2. The van der Waals surface area contributed by atoms with Crippen LogP contribution in [-0.4, -0.2) is 66.9 Å². The van der Waals surface area contributed by atoms with Crippen LogP contribution in [0.1, 0.15) is 45.6 Å². The molecule has 0 saturated carbocycles. The van der Waals surface area contributed by atoms with Crippen molar-refractivity contribution in [2.75, 3.05) is 25.2 Å². The highest BCUT2D eigenvalue weighted by molar-refractivity contribution is 6.24. The molecule has 3 atom stereocenters. The Balaban J connectivity index is 1.58. The van der Waals surface area contributed by atoms with Crippen LogP contribution in [0, 0.1) is 0 Å². The highest BCUT2D eigenvalue weighted by Gasteiger charge is 2.62. The number of anilines is 1. The van der Waals surface area contributed by atoms with E-state index in [-0.39, 0.29) is 18.4 Å². The molecule has 8 nitrogen and oxygen atoms in total. The highest BCUT2D eigenvalue weighted by atomic mass is 19.3. The van der Waals surface area contributed by atoms with Crippen molar-refractivity contribution in [1.29, 1.82) is 0 Å². The van der Waals surface area contributed by atoms with Gasteiger partial charge in [-0.3, -0.25) is 10.2 Å². The standard InChI is InChI=1S/C25H32F2N6O2/c1-23(2,3)17-7-9-18(10-8-17)33-20-16(15-30-33)14-29-25(31-20,22-24(26,27)11-12-28-22)32-13-5-6-19(32)21(34)35-4/h7-10,14-15,19,22,28,30H,5-6,11-13H2,1-4H3/t19-,22?,25?/m0/s1. The number of fused-ring (bicyclic) bond motifs is 1. The Kier molecular flexibility index (Phi) is 5.71. The average molecular weight is 487 g/mol. The van der Waals surface area contributed by atoms with E-state index in [1.165, 1.54) is 12.7 Å². The summed E-state index contributed by atoms with van der Waals surface area (Å²) in [7, 11) is 1.31. The van der Waals surface area contributed by atoms with Crippen molar-refractivity contribution in [3.05, 3.63) is 41.6 Å². The summed E-state index contributed by atoms with van der Waals surface area (Å²) in [5.41, 5.74) is 5.89. The second-order valence-electron chi connectivity index (χ2n) is 10.5. The van der Waals surface area contributed by atoms with Crippen LogP contribution < -0.4 is 15.8 Å². The van der Waals surface area contributed by atoms with E-state index in [1.54, 1.807) is 22.3 Å². The van der Waals surface area contributed by atoms with Crippen molar-refractivity contribution in [2.45, 2.75) is 69.2 Å². The van der Waals surface area contributed by atoms with Crippen LogP contribution in [0.4, 0.5) is 14.5 Å². The van der Waals surface area contributed by atoms with E-state index in [1.807, 2.05) is 12.1 Å². The summed E-state index contributed by atoms with van der Waals surface area (Å²) in [5.74, 6) is -4.70. The number of nitrogens with one attached hydrogen (secondary N) is 2. The van der Waals surface area contributed by atoms with E-state index in [4.69, 9.17) is 9.73 Å². The molecule has 4 aliphatic rings. The number of carbonyl (C=O) groups excluding carboxylic acids is 1. The lowest BCUT2D eigenvalue weighted by atomic mass is 9.87. The molecule has 0 aliphatic carbocycles. The molecule has 188 valence electrons. The third-order valence-electron chi connectivity index (χ3n) is 7.24. The Hall–Kier alpha value is -2.85. The number of esters is 1. The van der Waals surface area contributed by atoms with Gasteiger partial charge in [0, 0.05) is 31.9 Å². The molecule has 2 fully saturated rings. The smallest absolute Gasteiger partial charge is 0.323 e. The molecule has 0 radical (unpaired) electrons. The van der Waals surface area contributed by atoms with Crippen molar-refractivity contribution in [3.63, 3.8) is 0 Å². The van der Waals surface area contributed by atoms with Crippen LogP contribution in [-0.2, 0) is 14.9 Å². The number of benzene rings is 1. The van der Waals surface area contributed by atoms with Crippen molar-refractivity contribution >= 4 is 23.7 Å². The van der Waals surface area contributed by atoms with Crippen LogP contribution in [0.2, 0.25) is 0 Å². The summed E-state index contributed by atoms with van der Waals surface area (Å²) < 4.78 is 35.5. The number of alkyl halides is 2. The summed E-state index contributed by atoms with van der Waals surface area (Å²) in [5, 5.41) is 4.72. The van der Waals surface area contributed by atoms with Crippen molar-refractivity contribution in [2.24, 2.45) is 9.98 Å². The fourth-order valence-corrected chi connectivity index (χ4v) is 5.34. The van der Waals surface area contributed by atoms with Gasteiger partial charge in [0.25, 0.3) is 5.92 Å². The van der Waals surface area contributed by atoms with Gasteiger partial charge in [0.2, 0.25) is 5.79 Å². The predicted octanol–water partition coefficient (Wildman–Crippen LogP) is 2.96. The second-order valence-corrected chi connectivity index (χ2v) is 10.5.